The van der Waals surface area contributed by atoms with Gasteiger partial charge in [-0.15, -0.1) is 0 Å². The van der Waals surface area contributed by atoms with Crippen LogP contribution in [0.3, 0.4) is 0 Å². The number of halogens is 1. The monoisotopic (exact) mass is 400 g/mol. The van der Waals surface area contributed by atoms with Crippen molar-refractivity contribution in [3.63, 3.8) is 0 Å². The molecule has 1 heterocycles. The van der Waals surface area contributed by atoms with Crippen LogP contribution in [0, 0.1) is 5.82 Å². The Labute approximate surface area is 161 Å². The summed E-state index contributed by atoms with van der Waals surface area (Å²) in [6.45, 7) is 1.79. The Hall–Kier alpha value is -1.71. The minimum absolute atomic E-state index is 0.0314. The highest BCUT2D eigenvalue weighted by Gasteiger charge is 2.18. The lowest BCUT2D eigenvalue weighted by atomic mass is 10.1. The molecule has 152 valence electrons. The van der Waals surface area contributed by atoms with Gasteiger partial charge in [-0.2, -0.15) is 0 Å². The predicted molar refractivity (Wildman–Crippen MR) is 105 cm³/mol. The first-order valence-electron chi connectivity index (χ1n) is 9.15. The van der Waals surface area contributed by atoms with Gasteiger partial charge in [0.25, 0.3) is 0 Å². The van der Waals surface area contributed by atoms with Crippen LogP contribution in [0.1, 0.15) is 24.8 Å². The highest BCUT2D eigenvalue weighted by Crippen LogP contribution is 2.11. The number of rotatable bonds is 8. The van der Waals surface area contributed by atoms with Gasteiger partial charge in [-0.1, -0.05) is 12.1 Å². The molecule has 9 heteroatoms. The van der Waals surface area contributed by atoms with E-state index in [0.29, 0.717) is 25.7 Å². The number of benzene rings is 1. The fourth-order valence-electron chi connectivity index (χ4n) is 2.88. The smallest absolute Gasteiger partial charge is 0.213 e. The number of guanidine groups is 1. The van der Waals surface area contributed by atoms with Crippen LogP contribution in [0.25, 0.3) is 0 Å². The van der Waals surface area contributed by atoms with Crippen molar-refractivity contribution in [1.82, 2.24) is 14.9 Å². The maximum atomic E-state index is 13.0. The first-order valence-corrected chi connectivity index (χ1v) is 10.8. The minimum atomic E-state index is -3.38. The molecule has 1 aliphatic heterocycles. The van der Waals surface area contributed by atoms with E-state index in [1.807, 2.05) is 11.9 Å². The molecule has 1 atom stereocenters. The third-order valence-corrected chi connectivity index (χ3v) is 5.71. The van der Waals surface area contributed by atoms with Crippen molar-refractivity contribution in [2.75, 3.05) is 39.5 Å². The van der Waals surface area contributed by atoms with E-state index in [4.69, 9.17) is 4.74 Å². The lowest BCUT2D eigenvalue weighted by Crippen LogP contribution is -2.43. The summed E-state index contributed by atoms with van der Waals surface area (Å²) < 4.78 is 45.4. The summed E-state index contributed by atoms with van der Waals surface area (Å²) in [7, 11) is 0.0928. The van der Waals surface area contributed by atoms with Gasteiger partial charge < -0.3 is 15.0 Å². The Morgan fingerprint density at radius 2 is 2.07 bits per heavy atom. The average molecular weight is 401 g/mol. The zero-order valence-electron chi connectivity index (χ0n) is 15.9. The summed E-state index contributed by atoms with van der Waals surface area (Å²) in [6.07, 6.45) is 2.97. The van der Waals surface area contributed by atoms with Gasteiger partial charge >= 0.3 is 0 Å². The molecule has 0 radical (unpaired) electrons. The lowest BCUT2D eigenvalue weighted by molar-refractivity contribution is 0.0200. The van der Waals surface area contributed by atoms with Crippen molar-refractivity contribution in [2.24, 2.45) is 4.99 Å². The molecule has 0 saturated carbocycles. The molecule has 0 aliphatic carbocycles. The summed E-state index contributed by atoms with van der Waals surface area (Å²) in [5, 5.41) is 3.05. The Balaban J connectivity index is 1.74. The molecule has 7 nitrogen and oxygen atoms in total. The van der Waals surface area contributed by atoms with Crippen LogP contribution in [-0.4, -0.2) is 64.9 Å². The zero-order chi connectivity index (χ0) is 19.7. The number of aliphatic imine (C=N–C) groups is 1. The topological polar surface area (TPSA) is 83.0 Å². The van der Waals surface area contributed by atoms with Crippen molar-refractivity contribution < 1.29 is 17.5 Å². The fraction of sp³-hybridized carbons (Fsp3) is 0.611. The number of hydrogen-bond donors (Lipinski definition) is 2. The van der Waals surface area contributed by atoms with Crippen LogP contribution in [0.15, 0.2) is 29.3 Å². The van der Waals surface area contributed by atoms with Crippen LogP contribution in [0.2, 0.25) is 0 Å². The van der Waals surface area contributed by atoms with Gasteiger partial charge in [0.2, 0.25) is 10.0 Å². The van der Waals surface area contributed by atoms with Crippen LogP contribution in [-0.2, 0) is 21.3 Å². The van der Waals surface area contributed by atoms with Crippen molar-refractivity contribution in [3.8, 4) is 0 Å². The third-order valence-electron chi connectivity index (χ3n) is 4.37. The summed E-state index contributed by atoms with van der Waals surface area (Å²) in [5.41, 5.74) is 0.934. The Kier molecular flexibility index (Phi) is 8.46. The number of ether oxygens (including phenoxy) is 1. The second-order valence-electron chi connectivity index (χ2n) is 6.61. The predicted octanol–water partition coefficient (Wildman–Crippen LogP) is 1.32. The van der Waals surface area contributed by atoms with Crippen molar-refractivity contribution in [3.05, 3.63) is 35.6 Å². The van der Waals surface area contributed by atoms with Gasteiger partial charge in [0, 0.05) is 40.3 Å². The first-order chi connectivity index (χ1) is 12.9. The minimum Gasteiger partial charge on any atom is -0.377 e. The summed E-state index contributed by atoms with van der Waals surface area (Å²) in [5.74, 6) is 0.244. The molecule has 0 bridgehead atoms. The van der Waals surface area contributed by atoms with Crippen LogP contribution in [0.5, 0.6) is 0 Å². The van der Waals surface area contributed by atoms with Gasteiger partial charge in [-0.05, 0) is 37.0 Å². The van der Waals surface area contributed by atoms with Crippen LogP contribution >= 0.6 is 0 Å². The molecule has 27 heavy (non-hydrogen) atoms. The molecule has 1 aromatic carbocycles. The first kappa shape index (κ1) is 21.6. The quantitative estimate of drug-likeness (QED) is 0.508. The van der Waals surface area contributed by atoms with Gasteiger partial charge in [0.15, 0.2) is 5.96 Å². The molecule has 1 aliphatic rings. The molecule has 0 aromatic heterocycles. The number of nitrogens with zero attached hydrogens (tertiary/aromatic N) is 2. The van der Waals surface area contributed by atoms with Crippen molar-refractivity contribution in [2.45, 2.75) is 31.9 Å². The number of hydrogen-bond acceptors (Lipinski definition) is 4. The van der Waals surface area contributed by atoms with E-state index in [0.717, 1.165) is 24.8 Å². The van der Waals surface area contributed by atoms with E-state index in [9.17, 15) is 12.8 Å². The third kappa shape index (κ3) is 7.82. The highest BCUT2D eigenvalue weighted by molar-refractivity contribution is 7.89. The van der Waals surface area contributed by atoms with Crippen LogP contribution in [0.4, 0.5) is 4.39 Å². The Morgan fingerprint density at radius 3 is 2.70 bits per heavy atom. The molecule has 1 aromatic rings. The van der Waals surface area contributed by atoms with Gasteiger partial charge in [0.1, 0.15) is 5.82 Å². The van der Waals surface area contributed by atoms with Gasteiger partial charge in [-0.25, -0.2) is 17.5 Å². The Bertz CT molecular complexity index is 704. The molecular weight excluding hydrogens is 371 g/mol. The zero-order valence-corrected chi connectivity index (χ0v) is 16.8. The highest BCUT2D eigenvalue weighted by atomic mass is 32.2. The SMILES string of the molecule is CN=C(NCCS(=O)(=O)NCC1CCCCO1)N(C)Cc1ccc(F)cc1. The standard InChI is InChI=1S/C18H29FN4O3S/c1-20-18(23(2)14-15-6-8-16(19)9-7-15)21-10-12-27(24,25)22-13-17-5-3-4-11-26-17/h6-9,17,22H,3-5,10-14H2,1-2H3,(H,20,21). The largest absolute Gasteiger partial charge is 0.377 e. The molecule has 1 unspecified atom stereocenters. The lowest BCUT2D eigenvalue weighted by Gasteiger charge is -2.23. The molecule has 2 N–H and O–H groups in total. The Morgan fingerprint density at radius 1 is 1.33 bits per heavy atom. The maximum absolute atomic E-state index is 13.0. The molecule has 0 spiro atoms. The van der Waals surface area contributed by atoms with E-state index < -0.39 is 10.0 Å². The second-order valence-corrected chi connectivity index (χ2v) is 8.54. The normalized spacial score (nSPS) is 18.3. The fourth-order valence-corrected chi connectivity index (χ4v) is 3.84. The molecule has 2 rings (SSSR count). The van der Waals surface area contributed by atoms with E-state index in [1.54, 1.807) is 19.2 Å². The number of sulfonamides is 1. The van der Waals surface area contributed by atoms with E-state index in [1.165, 1.54) is 12.1 Å². The van der Waals surface area contributed by atoms with E-state index in [-0.39, 0.29) is 24.2 Å². The molecule has 1 fully saturated rings. The van der Waals surface area contributed by atoms with Crippen LogP contribution < -0.4 is 10.0 Å². The summed E-state index contributed by atoms with van der Waals surface area (Å²) in [4.78, 5) is 6.01. The maximum Gasteiger partial charge on any atom is 0.213 e. The second kappa shape index (κ2) is 10.6. The van der Waals surface area contributed by atoms with Gasteiger partial charge in [0.05, 0.1) is 11.9 Å². The van der Waals surface area contributed by atoms with Crippen molar-refractivity contribution in [1.29, 1.82) is 0 Å². The van der Waals surface area contributed by atoms with Gasteiger partial charge in [-0.3, -0.25) is 4.99 Å². The summed E-state index contributed by atoms with van der Waals surface area (Å²) >= 11 is 0. The van der Waals surface area contributed by atoms with E-state index >= 15 is 0 Å². The molecule has 1 saturated heterocycles. The molecular formula is C18H29FN4O3S. The number of nitrogens with one attached hydrogen (secondary N) is 2. The van der Waals surface area contributed by atoms with E-state index in [2.05, 4.69) is 15.0 Å². The summed E-state index contributed by atoms with van der Waals surface area (Å²) in [6, 6.07) is 6.24. The van der Waals surface area contributed by atoms with Crippen molar-refractivity contribution >= 4 is 16.0 Å². The average Bonchev–Trinajstić information content (AvgIpc) is 2.66. The molecule has 0 amide bonds.